The number of nitrogens with zero attached hydrogens (tertiary/aromatic N) is 2. The lowest BCUT2D eigenvalue weighted by molar-refractivity contribution is -0.138. The molecule has 0 radical (unpaired) electrons. The Morgan fingerprint density at radius 3 is 2.50 bits per heavy atom. The molecule has 28 heavy (non-hydrogen) atoms. The number of nitrogens with one attached hydrogen (secondary N) is 1. The number of halogens is 1. The highest BCUT2D eigenvalue weighted by atomic mass is 19.1. The topological polar surface area (TPSA) is 69.7 Å². The van der Waals surface area contributed by atoms with E-state index in [0.29, 0.717) is 29.3 Å². The van der Waals surface area contributed by atoms with Gasteiger partial charge < -0.3 is 10.2 Å². The Kier molecular flexibility index (Phi) is 3.56. The van der Waals surface area contributed by atoms with E-state index in [1.807, 2.05) is 0 Å². The highest BCUT2D eigenvalue weighted by molar-refractivity contribution is 6.27. The molecule has 7 heteroatoms. The van der Waals surface area contributed by atoms with Gasteiger partial charge in [0.15, 0.2) is 0 Å². The first kappa shape index (κ1) is 16.9. The molecule has 3 aliphatic rings. The van der Waals surface area contributed by atoms with E-state index in [1.165, 1.54) is 17.0 Å². The van der Waals surface area contributed by atoms with E-state index in [9.17, 15) is 18.8 Å². The minimum atomic E-state index is -1.73. The second-order valence-electron chi connectivity index (χ2n) is 7.58. The van der Waals surface area contributed by atoms with E-state index >= 15 is 0 Å². The van der Waals surface area contributed by atoms with Gasteiger partial charge in [-0.05, 0) is 42.5 Å². The van der Waals surface area contributed by atoms with Crippen molar-refractivity contribution in [1.29, 1.82) is 0 Å². The lowest BCUT2D eigenvalue weighted by atomic mass is 9.91. The molecule has 0 bridgehead atoms. The summed E-state index contributed by atoms with van der Waals surface area (Å²) in [4.78, 5) is 41.9. The zero-order valence-corrected chi connectivity index (χ0v) is 15.0. The molecule has 1 saturated carbocycles. The van der Waals surface area contributed by atoms with Crippen molar-refractivity contribution in [2.45, 2.75) is 24.9 Å². The van der Waals surface area contributed by atoms with Crippen LogP contribution in [0.25, 0.3) is 0 Å². The molecular weight excluding hydrogens is 361 g/mol. The van der Waals surface area contributed by atoms with Gasteiger partial charge in [0, 0.05) is 12.1 Å². The van der Waals surface area contributed by atoms with Gasteiger partial charge in [-0.25, -0.2) is 9.18 Å². The number of anilines is 1. The quantitative estimate of drug-likeness (QED) is 0.656. The first-order chi connectivity index (χ1) is 13.5. The van der Waals surface area contributed by atoms with Crippen molar-refractivity contribution in [2.75, 3.05) is 11.4 Å². The fourth-order valence-electron chi connectivity index (χ4n) is 4.06. The highest BCUT2D eigenvalue weighted by Gasteiger charge is 2.64. The van der Waals surface area contributed by atoms with E-state index in [2.05, 4.69) is 5.32 Å². The summed E-state index contributed by atoms with van der Waals surface area (Å²) < 4.78 is 13.6. The Labute approximate surface area is 160 Å². The Morgan fingerprint density at radius 2 is 1.75 bits per heavy atom. The Balaban J connectivity index is 1.56. The van der Waals surface area contributed by atoms with Gasteiger partial charge >= 0.3 is 6.03 Å². The fourth-order valence-corrected chi connectivity index (χ4v) is 4.06. The third-order valence-corrected chi connectivity index (χ3v) is 5.64. The fraction of sp³-hybridized carbons (Fsp3) is 0.286. The molecule has 1 spiro atoms. The molecular formula is C21H18FN3O3. The van der Waals surface area contributed by atoms with E-state index in [-0.39, 0.29) is 6.54 Å². The number of imide groups is 1. The molecule has 1 aliphatic carbocycles. The standard InChI is InChI=1S/C21H18FN3O3/c22-15-5-3-4-14(10-15)12-24-17-7-2-1-6-16(17)21(18(24)26)19(27)25(20(28)23-21)11-13-8-9-13/h1-7,10,13H,8-9,11-12H2,(H,23,28). The summed E-state index contributed by atoms with van der Waals surface area (Å²) in [5, 5.41) is 2.67. The number of para-hydroxylation sites is 1. The summed E-state index contributed by atoms with van der Waals surface area (Å²) in [5.41, 5.74) is -0.103. The maximum Gasteiger partial charge on any atom is 0.325 e. The number of benzene rings is 2. The van der Waals surface area contributed by atoms with Crippen LogP contribution < -0.4 is 10.2 Å². The van der Waals surface area contributed by atoms with Crippen molar-refractivity contribution in [2.24, 2.45) is 5.92 Å². The van der Waals surface area contributed by atoms with Crippen molar-refractivity contribution < 1.29 is 18.8 Å². The normalized spacial score (nSPS) is 23.5. The smallest absolute Gasteiger partial charge is 0.311 e. The highest BCUT2D eigenvalue weighted by Crippen LogP contribution is 2.45. The van der Waals surface area contributed by atoms with Crippen molar-refractivity contribution in [3.63, 3.8) is 0 Å². The van der Waals surface area contributed by atoms with Crippen LogP contribution in [0.1, 0.15) is 24.0 Å². The van der Waals surface area contributed by atoms with Gasteiger partial charge in [0.25, 0.3) is 11.8 Å². The van der Waals surface area contributed by atoms with Crippen LogP contribution in [0.3, 0.4) is 0 Å². The van der Waals surface area contributed by atoms with Gasteiger partial charge in [-0.3, -0.25) is 14.5 Å². The molecule has 1 atom stereocenters. The third-order valence-electron chi connectivity index (χ3n) is 5.64. The van der Waals surface area contributed by atoms with E-state index in [1.54, 1.807) is 36.4 Å². The van der Waals surface area contributed by atoms with Gasteiger partial charge in [0.05, 0.1) is 12.2 Å². The predicted molar refractivity (Wildman–Crippen MR) is 98.7 cm³/mol. The number of hydrogen-bond acceptors (Lipinski definition) is 3. The number of hydrogen-bond donors (Lipinski definition) is 1. The minimum absolute atomic E-state index is 0.112. The number of carbonyl (C=O) groups excluding carboxylic acids is 3. The molecule has 2 fully saturated rings. The molecule has 1 N–H and O–H groups in total. The predicted octanol–water partition coefficient (Wildman–Crippen LogP) is 2.53. The minimum Gasteiger partial charge on any atom is -0.311 e. The summed E-state index contributed by atoms with van der Waals surface area (Å²) >= 11 is 0. The maximum atomic E-state index is 13.6. The number of urea groups is 1. The summed E-state index contributed by atoms with van der Waals surface area (Å²) in [6.07, 6.45) is 1.97. The number of amides is 4. The average molecular weight is 379 g/mol. The van der Waals surface area contributed by atoms with Crippen LogP contribution >= 0.6 is 0 Å². The Hall–Kier alpha value is -3.22. The second-order valence-corrected chi connectivity index (χ2v) is 7.58. The lowest BCUT2D eigenvalue weighted by Crippen LogP contribution is -2.52. The van der Waals surface area contributed by atoms with Crippen LogP contribution in [0.2, 0.25) is 0 Å². The molecule has 4 amide bonds. The first-order valence-electron chi connectivity index (χ1n) is 9.31. The van der Waals surface area contributed by atoms with Crippen molar-refractivity contribution in [3.8, 4) is 0 Å². The first-order valence-corrected chi connectivity index (χ1v) is 9.31. The summed E-state index contributed by atoms with van der Waals surface area (Å²) in [6, 6.07) is 12.4. The van der Waals surface area contributed by atoms with E-state index in [0.717, 1.165) is 17.7 Å². The molecule has 142 valence electrons. The van der Waals surface area contributed by atoms with Crippen LogP contribution in [0.15, 0.2) is 48.5 Å². The van der Waals surface area contributed by atoms with Crippen LogP contribution in [0.4, 0.5) is 14.9 Å². The molecule has 1 saturated heterocycles. The molecule has 2 aromatic carbocycles. The summed E-state index contributed by atoms with van der Waals surface area (Å²) in [7, 11) is 0. The van der Waals surface area contributed by atoms with Gasteiger partial charge in [0.2, 0.25) is 5.54 Å². The Morgan fingerprint density at radius 1 is 1.00 bits per heavy atom. The van der Waals surface area contributed by atoms with Crippen LogP contribution in [0.5, 0.6) is 0 Å². The molecule has 2 heterocycles. The van der Waals surface area contributed by atoms with Gasteiger partial charge in [0.1, 0.15) is 5.82 Å². The van der Waals surface area contributed by atoms with Gasteiger partial charge in [-0.15, -0.1) is 0 Å². The number of fused-ring (bicyclic) bond motifs is 2. The zero-order chi connectivity index (χ0) is 19.5. The van der Waals surface area contributed by atoms with E-state index < -0.39 is 29.2 Å². The third kappa shape index (κ3) is 2.35. The number of rotatable bonds is 4. The maximum absolute atomic E-state index is 13.6. The molecule has 2 aromatic rings. The molecule has 5 rings (SSSR count). The van der Waals surface area contributed by atoms with E-state index in [4.69, 9.17) is 0 Å². The second kappa shape index (κ2) is 5.89. The van der Waals surface area contributed by atoms with Crippen LogP contribution in [0, 0.1) is 11.7 Å². The largest absolute Gasteiger partial charge is 0.325 e. The molecule has 6 nitrogen and oxygen atoms in total. The van der Waals surface area contributed by atoms with Gasteiger partial charge in [-0.2, -0.15) is 0 Å². The van der Waals surface area contributed by atoms with Crippen molar-refractivity contribution in [1.82, 2.24) is 10.2 Å². The average Bonchev–Trinajstić information content (AvgIpc) is 3.43. The SMILES string of the molecule is O=C1NC2(C(=O)N1CC1CC1)C(=O)N(Cc1cccc(F)c1)c1ccccc12. The molecule has 0 aromatic heterocycles. The summed E-state index contributed by atoms with van der Waals surface area (Å²) in [5.74, 6) is -1.11. The molecule has 1 unspecified atom stereocenters. The summed E-state index contributed by atoms with van der Waals surface area (Å²) in [6.45, 7) is 0.451. The monoisotopic (exact) mass is 379 g/mol. The zero-order valence-electron chi connectivity index (χ0n) is 15.0. The van der Waals surface area contributed by atoms with Gasteiger partial charge in [-0.1, -0.05) is 30.3 Å². The van der Waals surface area contributed by atoms with Crippen LogP contribution in [-0.2, 0) is 21.7 Å². The van der Waals surface area contributed by atoms with Crippen molar-refractivity contribution >= 4 is 23.5 Å². The lowest BCUT2D eigenvalue weighted by Gasteiger charge is -2.22. The molecule has 2 aliphatic heterocycles. The number of carbonyl (C=O) groups is 3. The van der Waals surface area contributed by atoms with Crippen molar-refractivity contribution in [3.05, 3.63) is 65.5 Å². The van der Waals surface area contributed by atoms with Crippen LogP contribution in [-0.4, -0.2) is 29.3 Å². The Bertz CT molecular complexity index is 1020.